The van der Waals surface area contributed by atoms with E-state index in [1.54, 1.807) is 19.9 Å². The molecule has 0 atom stereocenters. The molecular formula is C20H22F3N3O5S. The molecule has 0 aromatic heterocycles. The van der Waals surface area contributed by atoms with Gasteiger partial charge in [0, 0.05) is 18.7 Å². The first-order valence-electron chi connectivity index (χ1n) is 9.33. The monoisotopic (exact) mass is 473 g/mol. The smallest absolute Gasteiger partial charge is 0.328 e. The number of amides is 1. The van der Waals surface area contributed by atoms with Crippen molar-refractivity contribution in [3.05, 3.63) is 69.3 Å². The van der Waals surface area contributed by atoms with Crippen molar-refractivity contribution in [3.8, 4) is 0 Å². The van der Waals surface area contributed by atoms with Gasteiger partial charge >= 0.3 is 6.18 Å². The molecule has 0 spiro atoms. The summed E-state index contributed by atoms with van der Waals surface area (Å²) < 4.78 is 65.5. The highest BCUT2D eigenvalue weighted by molar-refractivity contribution is 7.89. The average molecular weight is 473 g/mol. The van der Waals surface area contributed by atoms with Crippen LogP contribution in [0.25, 0.3) is 0 Å². The fourth-order valence-corrected chi connectivity index (χ4v) is 4.11. The Balaban J connectivity index is 2.30. The Morgan fingerprint density at radius 3 is 2.28 bits per heavy atom. The number of carbonyl (C=O) groups excluding carboxylic acids is 1. The van der Waals surface area contributed by atoms with E-state index in [-0.39, 0.29) is 10.5 Å². The first-order valence-corrected chi connectivity index (χ1v) is 10.8. The number of hydrogen-bond donors (Lipinski definition) is 0. The Kier molecular flexibility index (Phi) is 7.62. The van der Waals surface area contributed by atoms with Crippen LogP contribution in [-0.2, 0) is 21.4 Å². The van der Waals surface area contributed by atoms with Crippen LogP contribution < -0.4 is 0 Å². The van der Waals surface area contributed by atoms with E-state index in [4.69, 9.17) is 0 Å². The van der Waals surface area contributed by atoms with Gasteiger partial charge in [0.1, 0.15) is 6.54 Å². The van der Waals surface area contributed by atoms with E-state index in [9.17, 15) is 36.5 Å². The van der Waals surface area contributed by atoms with Crippen LogP contribution in [0.2, 0.25) is 0 Å². The van der Waals surface area contributed by atoms with E-state index in [0.717, 1.165) is 18.7 Å². The molecule has 0 aliphatic heterocycles. The van der Waals surface area contributed by atoms with Gasteiger partial charge < -0.3 is 4.90 Å². The van der Waals surface area contributed by atoms with Crippen LogP contribution in [0, 0.1) is 24.0 Å². The number of likely N-dealkylation sites (N-methyl/N-ethyl adjacent to an activating group) is 1. The summed E-state index contributed by atoms with van der Waals surface area (Å²) in [6.07, 6.45) is -4.79. The van der Waals surface area contributed by atoms with Gasteiger partial charge in [0.2, 0.25) is 15.9 Å². The third-order valence-electron chi connectivity index (χ3n) is 4.82. The molecular weight excluding hydrogens is 451 g/mol. The number of rotatable bonds is 8. The van der Waals surface area contributed by atoms with Crippen molar-refractivity contribution < 1.29 is 31.3 Å². The lowest BCUT2D eigenvalue weighted by Crippen LogP contribution is -2.44. The molecule has 0 aliphatic carbocycles. The minimum atomic E-state index is -4.79. The first kappa shape index (κ1) is 25.3. The fraction of sp³-hybridized carbons (Fsp3) is 0.350. The number of benzene rings is 2. The van der Waals surface area contributed by atoms with Crippen molar-refractivity contribution in [3.63, 3.8) is 0 Å². The van der Waals surface area contributed by atoms with Crippen molar-refractivity contribution in [2.75, 3.05) is 20.1 Å². The molecule has 1 amide bonds. The van der Waals surface area contributed by atoms with E-state index < -0.39 is 52.4 Å². The number of carbonyl (C=O) groups is 1. The molecule has 0 heterocycles. The molecule has 2 aromatic rings. The van der Waals surface area contributed by atoms with Gasteiger partial charge in [-0.05, 0) is 37.1 Å². The Morgan fingerprint density at radius 1 is 1.09 bits per heavy atom. The number of alkyl halides is 3. The summed E-state index contributed by atoms with van der Waals surface area (Å²) in [7, 11) is -3.07. The molecule has 0 N–H and O–H groups in total. The maximum atomic E-state index is 13.1. The van der Waals surface area contributed by atoms with Crippen LogP contribution in [0.5, 0.6) is 0 Å². The van der Waals surface area contributed by atoms with Crippen molar-refractivity contribution in [1.82, 2.24) is 9.21 Å². The lowest BCUT2D eigenvalue weighted by atomic mass is 10.1. The highest BCUT2D eigenvalue weighted by Gasteiger charge is 2.35. The molecule has 0 aliphatic rings. The Bertz CT molecular complexity index is 1120. The van der Waals surface area contributed by atoms with Gasteiger partial charge in [-0.3, -0.25) is 14.9 Å². The van der Waals surface area contributed by atoms with E-state index in [1.807, 2.05) is 0 Å². The highest BCUT2D eigenvalue weighted by atomic mass is 32.2. The minimum absolute atomic E-state index is 0.100. The maximum absolute atomic E-state index is 13.1. The number of nitrogens with zero attached hydrogens (tertiary/aromatic N) is 3. The van der Waals surface area contributed by atoms with Crippen molar-refractivity contribution in [2.45, 2.75) is 31.5 Å². The lowest BCUT2D eigenvalue weighted by Gasteiger charge is -2.26. The summed E-state index contributed by atoms with van der Waals surface area (Å²) in [6.45, 7) is 0.239. The van der Waals surface area contributed by atoms with Crippen LogP contribution in [0.4, 0.5) is 18.9 Å². The number of nitro groups is 1. The number of sulfonamides is 1. The molecule has 0 radical (unpaired) electrons. The van der Waals surface area contributed by atoms with Gasteiger partial charge in [-0.1, -0.05) is 24.3 Å². The maximum Gasteiger partial charge on any atom is 0.406 e. The second kappa shape index (κ2) is 9.65. The van der Waals surface area contributed by atoms with Crippen LogP contribution in [0.15, 0.2) is 47.4 Å². The number of halogens is 3. The van der Waals surface area contributed by atoms with E-state index in [0.29, 0.717) is 14.8 Å². The average Bonchev–Trinajstić information content (AvgIpc) is 2.68. The Labute approximate surface area is 183 Å². The summed E-state index contributed by atoms with van der Waals surface area (Å²) in [5.41, 5.74) is 1.00. The molecule has 2 aromatic carbocycles. The molecule has 12 heteroatoms. The third kappa shape index (κ3) is 6.26. The molecule has 0 unspecified atom stereocenters. The summed E-state index contributed by atoms with van der Waals surface area (Å²) >= 11 is 0. The van der Waals surface area contributed by atoms with Gasteiger partial charge in [0.25, 0.3) is 5.69 Å². The predicted molar refractivity (Wildman–Crippen MR) is 110 cm³/mol. The summed E-state index contributed by atoms with van der Waals surface area (Å²) in [5, 5.41) is 11.2. The van der Waals surface area contributed by atoms with Gasteiger partial charge in [-0.25, -0.2) is 8.42 Å². The molecule has 0 saturated carbocycles. The van der Waals surface area contributed by atoms with E-state index in [1.165, 1.54) is 30.3 Å². The quantitative estimate of drug-likeness (QED) is 0.432. The molecule has 174 valence electrons. The first-order chi connectivity index (χ1) is 14.7. The summed E-state index contributed by atoms with van der Waals surface area (Å²) in [6, 6.07) is 9.44. The fourth-order valence-electron chi connectivity index (χ4n) is 2.91. The van der Waals surface area contributed by atoms with Gasteiger partial charge in [-0.15, -0.1) is 0 Å². The van der Waals surface area contributed by atoms with Gasteiger partial charge in [0.05, 0.1) is 22.9 Å². The predicted octanol–water partition coefficient (Wildman–Crippen LogP) is 3.42. The van der Waals surface area contributed by atoms with E-state index in [2.05, 4.69) is 0 Å². The van der Waals surface area contributed by atoms with Gasteiger partial charge in [0.15, 0.2) is 0 Å². The number of para-hydroxylation sites is 1. The highest BCUT2D eigenvalue weighted by Crippen LogP contribution is 2.24. The molecule has 0 bridgehead atoms. The van der Waals surface area contributed by atoms with Crippen LogP contribution in [-0.4, -0.2) is 54.8 Å². The number of hydrogen-bond acceptors (Lipinski definition) is 5. The SMILES string of the molecule is Cc1ccc(S(=O)(=O)N(C)CC(=O)N(Cc2ccccc2[N+](=O)[O-])CC(F)(F)F)cc1C. The molecule has 2 rings (SSSR count). The standard InChI is InChI=1S/C20H22F3N3O5S/c1-14-8-9-17(10-15(14)2)32(30,31)24(3)12-19(27)25(13-20(21,22)23)11-16-6-4-5-7-18(16)26(28)29/h4-10H,11-13H2,1-3H3. The zero-order valence-corrected chi connectivity index (χ0v) is 18.4. The Hall–Kier alpha value is -2.99. The molecule has 0 fully saturated rings. The van der Waals surface area contributed by atoms with Gasteiger partial charge in [-0.2, -0.15) is 17.5 Å². The molecule has 32 heavy (non-hydrogen) atoms. The summed E-state index contributed by atoms with van der Waals surface area (Å²) in [5.74, 6) is -1.14. The summed E-state index contributed by atoms with van der Waals surface area (Å²) in [4.78, 5) is 23.3. The molecule has 8 nitrogen and oxygen atoms in total. The second-order valence-corrected chi connectivity index (χ2v) is 9.30. The van der Waals surface area contributed by atoms with Crippen molar-refractivity contribution in [1.29, 1.82) is 0 Å². The zero-order valence-electron chi connectivity index (χ0n) is 17.6. The van der Waals surface area contributed by atoms with Crippen molar-refractivity contribution in [2.24, 2.45) is 0 Å². The third-order valence-corrected chi connectivity index (χ3v) is 6.62. The van der Waals surface area contributed by atoms with Crippen LogP contribution in [0.3, 0.4) is 0 Å². The minimum Gasteiger partial charge on any atom is -0.328 e. The Morgan fingerprint density at radius 2 is 1.72 bits per heavy atom. The molecule has 0 saturated heterocycles. The second-order valence-electron chi connectivity index (χ2n) is 7.26. The zero-order chi connectivity index (χ0) is 24.3. The largest absolute Gasteiger partial charge is 0.406 e. The number of nitro benzene ring substituents is 1. The lowest BCUT2D eigenvalue weighted by molar-refractivity contribution is -0.385. The van der Waals surface area contributed by atoms with Crippen LogP contribution >= 0.6 is 0 Å². The van der Waals surface area contributed by atoms with Crippen molar-refractivity contribution >= 4 is 21.6 Å². The topological polar surface area (TPSA) is 101 Å². The van der Waals surface area contributed by atoms with E-state index >= 15 is 0 Å². The number of aryl methyl sites for hydroxylation is 2. The van der Waals surface area contributed by atoms with Crippen LogP contribution in [0.1, 0.15) is 16.7 Å². The normalized spacial score (nSPS) is 12.1.